The van der Waals surface area contributed by atoms with E-state index in [1.165, 1.54) is 43.8 Å². The summed E-state index contributed by atoms with van der Waals surface area (Å²) < 4.78 is 0. The Morgan fingerprint density at radius 2 is 1.95 bits per heavy atom. The molecule has 1 aromatic heterocycles. The summed E-state index contributed by atoms with van der Waals surface area (Å²) >= 11 is 7.68. The van der Waals surface area contributed by atoms with Crippen molar-refractivity contribution in [1.82, 2.24) is 9.88 Å². The van der Waals surface area contributed by atoms with Gasteiger partial charge in [0.05, 0.1) is 17.6 Å². The van der Waals surface area contributed by atoms with Crippen LogP contribution < -0.4 is 0 Å². The van der Waals surface area contributed by atoms with Gasteiger partial charge in [-0.05, 0) is 43.9 Å². The lowest BCUT2D eigenvalue weighted by Crippen LogP contribution is -2.32. The normalized spacial score (nSPS) is 21.0. The second kappa shape index (κ2) is 6.11. The van der Waals surface area contributed by atoms with Crippen molar-refractivity contribution in [2.24, 2.45) is 11.8 Å². The molecule has 4 heteroatoms. The number of aromatic nitrogens is 1. The molecule has 2 aliphatic carbocycles. The topological polar surface area (TPSA) is 16.1 Å². The summed E-state index contributed by atoms with van der Waals surface area (Å²) in [4.78, 5) is 7.44. The minimum absolute atomic E-state index is 0.517. The standard InChI is InChI=1S/C15H23ClN2S/c1-2-14(15-17-13(7-16)10-19-15)18(8-11-3-4-11)9-12-5-6-12/h10-12,14H,2-9H2,1H3. The maximum atomic E-state index is 5.89. The minimum atomic E-state index is 0.517. The van der Waals surface area contributed by atoms with Crippen LogP contribution in [0.5, 0.6) is 0 Å². The van der Waals surface area contributed by atoms with E-state index < -0.39 is 0 Å². The summed E-state index contributed by atoms with van der Waals surface area (Å²) in [6.07, 6.45) is 6.89. The second-order valence-corrected chi connectivity index (χ2v) is 7.23. The van der Waals surface area contributed by atoms with Crippen molar-refractivity contribution in [2.45, 2.75) is 50.9 Å². The number of halogens is 1. The van der Waals surface area contributed by atoms with Gasteiger partial charge in [0, 0.05) is 18.5 Å². The summed E-state index contributed by atoms with van der Waals surface area (Å²) in [5, 5.41) is 3.40. The molecule has 2 aliphatic rings. The van der Waals surface area contributed by atoms with E-state index in [-0.39, 0.29) is 0 Å². The Morgan fingerprint density at radius 1 is 1.32 bits per heavy atom. The molecule has 1 aromatic rings. The molecule has 2 saturated carbocycles. The van der Waals surface area contributed by atoms with Crippen LogP contribution in [-0.4, -0.2) is 23.0 Å². The Hall–Kier alpha value is -0.120. The molecular formula is C15H23ClN2S. The van der Waals surface area contributed by atoms with Crippen molar-refractivity contribution in [3.63, 3.8) is 0 Å². The molecule has 0 spiro atoms. The molecule has 1 atom stereocenters. The molecule has 0 N–H and O–H groups in total. The van der Waals surface area contributed by atoms with E-state index in [9.17, 15) is 0 Å². The van der Waals surface area contributed by atoms with E-state index in [1.54, 1.807) is 11.3 Å². The Bertz CT molecular complexity index is 398. The highest BCUT2D eigenvalue weighted by atomic mass is 35.5. The van der Waals surface area contributed by atoms with Gasteiger partial charge in [-0.25, -0.2) is 4.98 Å². The van der Waals surface area contributed by atoms with Crippen molar-refractivity contribution < 1.29 is 0 Å². The van der Waals surface area contributed by atoms with Crippen LogP contribution in [0.2, 0.25) is 0 Å². The van der Waals surface area contributed by atoms with E-state index in [0.29, 0.717) is 11.9 Å². The molecule has 2 fully saturated rings. The minimum Gasteiger partial charge on any atom is -0.293 e. The zero-order valence-corrected chi connectivity index (χ0v) is 13.2. The molecule has 1 heterocycles. The van der Waals surface area contributed by atoms with Gasteiger partial charge in [-0.3, -0.25) is 4.90 Å². The maximum Gasteiger partial charge on any atom is 0.110 e. The number of rotatable bonds is 8. The number of nitrogens with zero attached hydrogens (tertiary/aromatic N) is 2. The van der Waals surface area contributed by atoms with Gasteiger partial charge < -0.3 is 0 Å². The lowest BCUT2D eigenvalue weighted by molar-refractivity contribution is 0.175. The van der Waals surface area contributed by atoms with E-state index in [0.717, 1.165) is 24.0 Å². The van der Waals surface area contributed by atoms with E-state index in [2.05, 4.69) is 17.2 Å². The summed E-state index contributed by atoms with van der Waals surface area (Å²) in [5.74, 6) is 2.46. The number of hydrogen-bond acceptors (Lipinski definition) is 3. The van der Waals surface area contributed by atoms with E-state index in [4.69, 9.17) is 16.6 Å². The number of alkyl halides is 1. The first-order valence-electron chi connectivity index (χ1n) is 7.54. The van der Waals surface area contributed by atoms with Crippen molar-refractivity contribution in [1.29, 1.82) is 0 Å². The summed E-state index contributed by atoms with van der Waals surface area (Å²) in [5.41, 5.74) is 1.04. The van der Waals surface area contributed by atoms with E-state index >= 15 is 0 Å². The smallest absolute Gasteiger partial charge is 0.110 e. The molecule has 3 rings (SSSR count). The SMILES string of the molecule is CCC(c1nc(CCl)cs1)N(CC1CC1)CC1CC1. The summed E-state index contributed by atoms with van der Waals surface area (Å²) in [6, 6.07) is 0.517. The van der Waals surface area contributed by atoms with Crippen LogP contribution in [0.1, 0.15) is 55.8 Å². The molecule has 0 amide bonds. The lowest BCUT2D eigenvalue weighted by atomic mass is 10.1. The first-order valence-corrected chi connectivity index (χ1v) is 8.95. The van der Waals surface area contributed by atoms with Crippen LogP contribution in [0.15, 0.2) is 5.38 Å². The van der Waals surface area contributed by atoms with Crippen molar-refractivity contribution in [3.8, 4) is 0 Å². The van der Waals surface area contributed by atoms with Gasteiger partial charge in [0.1, 0.15) is 5.01 Å². The Balaban J connectivity index is 1.71. The lowest BCUT2D eigenvalue weighted by Gasteiger charge is -2.30. The first kappa shape index (κ1) is 13.8. The van der Waals surface area contributed by atoms with Crippen LogP contribution >= 0.6 is 22.9 Å². The molecule has 0 bridgehead atoms. The molecule has 19 heavy (non-hydrogen) atoms. The average Bonchev–Trinajstić information content (AvgIpc) is 3.33. The van der Waals surface area contributed by atoms with Crippen LogP contribution in [-0.2, 0) is 5.88 Å². The van der Waals surface area contributed by atoms with Gasteiger partial charge in [-0.15, -0.1) is 22.9 Å². The fraction of sp³-hybridized carbons (Fsp3) is 0.800. The monoisotopic (exact) mass is 298 g/mol. The first-order chi connectivity index (χ1) is 9.30. The van der Waals surface area contributed by atoms with Gasteiger partial charge in [0.15, 0.2) is 0 Å². The molecular weight excluding hydrogens is 276 g/mol. The predicted molar refractivity (Wildman–Crippen MR) is 81.7 cm³/mol. The molecule has 2 nitrogen and oxygen atoms in total. The van der Waals surface area contributed by atoms with Crippen LogP contribution in [0, 0.1) is 11.8 Å². The van der Waals surface area contributed by atoms with Crippen LogP contribution in [0.4, 0.5) is 0 Å². The van der Waals surface area contributed by atoms with Crippen molar-refractivity contribution in [3.05, 3.63) is 16.1 Å². The van der Waals surface area contributed by atoms with Crippen LogP contribution in [0.25, 0.3) is 0 Å². The highest BCUT2D eigenvalue weighted by molar-refractivity contribution is 7.09. The van der Waals surface area contributed by atoms with E-state index in [1.807, 2.05) is 0 Å². The van der Waals surface area contributed by atoms with Crippen molar-refractivity contribution in [2.75, 3.05) is 13.1 Å². The zero-order chi connectivity index (χ0) is 13.2. The third kappa shape index (κ3) is 3.71. The maximum absolute atomic E-state index is 5.89. The zero-order valence-electron chi connectivity index (χ0n) is 11.6. The van der Waals surface area contributed by atoms with Crippen LogP contribution in [0.3, 0.4) is 0 Å². The van der Waals surface area contributed by atoms with Crippen molar-refractivity contribution >= 4 is 22.9 Å². The Labute approximate surface area is 125 Å². The predicted octanol–water partition coefficient (Wildman–Crippen LogP) is 4.46. The molecule has 0 radical (unpaired) electrons. The van der Waals surface area contributed by atoms with Gasteiger partial charge in [0.25, 0.3) is 0 Å². The molecule has 0 saturated heterocycles. The largest absolute Gasteiger partial charge is 0.293 e. The average molecular weight is 299 g/mol. The van der Waals surface area contributed by atoms with Gasteiger partial charge in [-0.2, -0.15) is 0 Å². The number of hydrogen-bond donors (Lipinski definition) is 0. The fourth-order valence-electron chi connectivity index (χ4n) is 2.72. The van der Waals surface area contributed by atoms with Gasteiger partial charge >= 0.3 is 0 Å². The third-order valence-electron chi connectivity index (χ3n) is 4.20. The molecule has 1 unspecified atom stereocenters. The molecule has 106 valence electrons. The number of thiazole rings is 1. The Kier molecular flexibility index (Phi) is 4.45. The highest BCUT2D eigenvalue weighted by Gasteiger charge is 2.33. The third-order valence-corrected chi connectivity index (χ3v) is 5.47. The fourth-order valence-corrected chi connectivity index (χ4v) is 3.98. The quantitative estimate of drug-likeness (QED) is 0.659. The Morgan fingerprint density at radius 3 is 2.37 bits per heavy atom. The van der Waals surface area contributed by atoms with Gasteiger partial charge in [-0.1, -0.05) is 6.92 Å². The molecule has 0 aromatic carbocycles. The summed E-state index contributed by atoms with van der Waals surface area (Å²) in [6.45, 7) is 4.86. The van der Waals surface area contributed by atoms with Gasteiger partial charge in [0.2, 0.25) is 0 Å². The molecule has 0 aliphatic heterocycles. The second-order valence-electron chi connectivity index (χ2n) is 6.08. The highest BCUT2D eigenvalue weighted by Crippen LogP contribution is 2.38. The summed E-state index contributed by atoms with van der Waals surface area (Å²) in [7, 11) is 0.